The van der Waals surface area contributed by atoms with Gasteiger partial charge in [0.25, 0.3) is 0 Å². The van der Waals surface area contributed by atoms with Crippen molar-refractivity contribution in [1.29, 1.82) is 0 Å². The predicted octanol–water partition coefficient (Wildman–Crippen LogP) is 2.31. The van der Waals surface area contributed by atoms with Gasteiger partial charge in [-0.15, -0.1) is 0 Å². The van der Waals surface area contributed by atoms with E-state index in [1.807, 2.05) is 0 Å². The first-order valence-corrected chi connectivity index (χ1v) is 6.13. The Hall–Kier alpha value is -0.270. The molecule has 7 heteroatoms. The lowest BCUT2D eigenvalue weighted by atomic mass is 9.79. The third kappa shape index (κ3) is 3.64. The molecule has 0 aliphatic heterocycles. The Morgan fingerprint density at radius 2 is 1.50 bits per heavy atom. The van der Waals surface area contributed by atoms with Crippen molar-refractivity contribution >= 4 is 10.1 Å². The van der Waals surface area contributed by atoms with Crippen LogP contribution in [0.5, 0.6) is 0 Å². The molecule has 0 rings (SSSR count). The Bertz CT molecular complexity index is 341. The molecule has 0 fully saturated rings. The minimum atomic E-state index is -5.43. The second kappa shape index (κ2) is 4.19. The fourth-order valence-corrected chi connectivity index (χ4v) is 0.763. The Balaban J connectivity index is 4.72. The zero-order valence-electron chi connectivity index (χ0n) is 10.0. The van der Waals surface area contributed by atoms with Crippen LogP contribution in [0.1, 0.15) is 34.6 Å². The quantitative estimate of drug-likeness (QED) is 0.788. The molecule has 0 heterocycles. The molecule has 0 amide bonds. The lowest BCUT2D eigenvalue weighted by molar-refractivity contribution is -0.134. The van der Waals surface area contributed by atoms with Crippen LogP contribution in [0.3, 0.4) is 0 Å². The normalized spacial score (nSPS) is 15.2. The van der Waals surface area contributed by atoms with E-state index in [4.69, 9.17) is 9.29 Å². The number of hydrogen-bond donors (Lipinski definition) is 1. The minimum Gasteiger partial charge on any atom is -0.367 e. The maximum absolute atomic E-state index is 12.9. The monoisotopic (exact) mass is 260 g/mol. The molecule has 16 heavy (non-hydrogen) atoms. The van der Waals surface area contributed by atoms with E-state index >= 15 is 0 Å². The van der Waals surface area contributed by atoms with Gasteiger partial charge in [-0.1, -0.05) is 20.8 Å². The van der Waals surface area contributed by atoms with Crippen molar-refractivity contribution in [2.45, 2.75) is 45.5 Å². The van der Waals surface area contributed by atoms with E-state index in [0.717, 1.165) is 0 Å². The number of hydrogen-bond acceptors (Lipinski definition) is 3. The third-order valence-electron chi connectivity index (χ3n) is 2.78. The Morgan fingerprint density at radius 1 is 1.12 bits per heavy atom. The molecule has 0 aromatic carbocycles. The van der Waals surface area contributed by atoms with Gasteiger partial charge in [-0.05, 0) is 19.3 Å². The SMILES string of the molecule is CC(C)(C)C(C)(C)OCC(F)(F)S(=O)(=O)O. The summed E-state index contributed by atoms with van der Waals surface area (Å²) in [5, 5.41) is -4.28. The van der Waals surface area contributed by atoms with Gasteiger partial charge in [-0.3, -0.25) is 4.55 Å². The second-order valence-electron chi connectivity index (χ2n) is 5.16. The molecule has 0 unspecified atom stereocenters. The smallest absolute Gasteiger partial charge is 0.367 e. The van der Waals surface area contributed by atoms with Gasteiger partial charge in [-0.25, -0.2) is 0 Å². The first-order valence-electron chi connectivity index (χ1n) is 4.69. The number of halogens is 2. The topological polar surface area (TPSA) is 63.6 Å². The summed E-state index contributed by atoms with van der Waals surface area (Å²) < 4.78 is 59.6. The van der Waals surface area contributed by atoms with Crippen LogP contribution in [0.15, 0.2) is 0 Å². The van der Waals surface area contributed by atoms with Gasteiger partial charge < -0.3 is 4.74 Å². The van der Waals surface area contributed by atoms with Crippen molar-refractivity contribution < 1.29 is 26.5 Å². The second-order valence-corrected chi connectivity index (χ2v) is 6.71. The molecule has 0 saturated carbocycles. The van der Waals surface area contributed by atoms with Crippen molar-refractivity contribution in [1.82, 2.24) is 0 Å². The average Bonchev–Trinajstić information content (AvgIpc) is 1.97. The minimum absolute atomic E-state index is 0.442. The summed E-state index contributed by atoms with van der Waals surface area (Å²) in [5.41, 5.74) is -1.39. The summed E-state index contributed by atoms with van der Waals surface area (Å²) in [7, 11) is -5.43. The van der Waals surface area contributed by atoms with Gasteiger partial charge in [0, 0.05) is 0 Å². The number of alkyl halides is 2. The average molecular weight is 260 g/mol. The summed E-state index contributed by atoms with van der Waals surface area (Å²) in [6, 6.07) is 0. The lowest BCUT2D eigenvalue weighted by Gasteiger charge is -2.39. The van der Waals surface area contributed by atoms with Crippen LogP contribution in [0, 0.1) is 5.41 Å². The molecule has 4 nitrogen and oxygen atoms in total. The summed E-state index contributed by atoms with van der Waals surface area (Å²) >= 11 is 0. The molecule has 0 saturated heterocycles. The molecule has 0 aromatic rings. The summed E-state index contributed by atoms with van der Waals surface area (Å²) in [4.78, 5) is 0. The highest BCUT2D eigenvalue weighted by atomic mass is 32.2. The Morgan fingerprint density at radius 3 is 1.75 bits per heavy atom. The molecular formula is C9H18F2O4S. The standard InChI is InChI=1S/C9H18F2O4S/c1-7(2,3)8(4,5)15-6-9(10,11)16(12,13)14/h6H2,1-5H3,(H,12,13,14). The molecule has 0 spiro atoms. The van der Waals surface area contributed by atoms with E-state index < -0.39 is 33.0 Å². The van der Waals surface area contributed by atoms with E-state index in [0.29, 0.717) is 0 Å². The maximum atomic E-state index is 12.9. The third-order valence-corrected chi connectivity index (χ3v) is 3.66. The van der Waals surface area contributed by atoms with Crippen LogP contribution >= 0.6 is 0 Å². The van der Waals surface area contributed by atoms with E-state index in [2.05, 4.69) is 0 Å². The molecule has 0 aliphatic rings. The van der Waals surface area contributed by atoms with E-state index in [-0.39, 0.29) is 0 Å². The first kappa shape index (κ1) is 15.7. The van der Waals surface area contributed by atoms with Crippen LogP contribution in [-0.4, -0.2) is 30.4 Å². The molecule has 0 bridgehead atoms. The Kier molecular flexibility index (Phi) is 4.12. The van der Waals surface area contributed by atoms with Crippen LogP contribution in [0.2, 0.25) is 0 Å². The molecule has 0 aliphatic carbocycles. The van der Waals surface area contributed by atoms with Gasteiger partial charge in [0.2, 0.25) is 0 Å². The molecule has 0 radical (unpaired) electrons. The predicted molar refractivity (Wildman–Crippen MR) is 56.0 cm³/mol. The molecule has 98 valence electrons. The molecule has 0 atom stereocenters. The fraction of sp³-hybridized carbons (Fsp3) is 1.00. The summed E-state index contributed by atoms with van der Waals surface area (Å²) in [6.07, 6.45) is 0. The number of rotatable bonds is 4. The zero-order valence-corrected chi connectivity index (χ0v) is 10.9. The van der Waals surface area contributed by atoms with Crippen LogP contribution in [0.25, 0.3) is 0 Å². The molecule has 1 N–H and O–H groups in total. The van der Waals surface area contributed by atoms with E-state index in [9.17, 15) is 17.2 Å². The van der Waals surface area contributed by atoms with Crippen LogP contribution in [0.4, 0.5) is 8.78 Å². The fourth-order valence-electron chi connectivity index (χ4n) is 0.555. The lowest BCUT2D eigenvalue weighted by Crippen LogP contribution is -2.44. The van der Waals surface area contributed by atoms with Crippen molar-refractivity contribution in [3.05, 3.63) is 0 Å². The van der Waals surface area contributed by atoms with Gasteiger partial charge in [0.1, 0.15) is 6.61 Å². The van der Waals surface area contributed by atoms with Gasteiger partial charge >= 0.3 is 15.4 Å². The van der Waals surface area contributed by atoms with Crippen LogP contribution in [-0.2, 0) is 14.9 Å². The largest absolute Gasteiger partial charge is 0.392 e. The molecule has 0 aromatic heterocycles. The van der Waals surface area contributed by atoms with E-state index in [1.165, 1.54) is 0 Å². The van der Waals surface area contributed by atoms with Crippen molar-refractivity contribution in [2.75, 3.05) is 6.61 Å². The van der Waals surface area contributed by atoms with Crippen LogP contribution < -0.4 is 0 Å². The van der Waals surface area contributed by atoms with Crippen molar-refractivity contribution in [3.8, 4) is 0 Å². The highest BCUT2D eigenvalue weighted by Gasteiger charge is 2.47. The first-order chi connectivity index (χ1) is 6.71. The van der Waals surface area contributed by atoms with Crippen molar-refractivity contribution in [2.24, 2.45) is 5.41 Å². The molecular weight excluding hydrogens is 242 g/mol. The van der Waals surface area contributed by atoms with Gasteiger partial charge in [0.05, 0.1) is 5.60 Å². The van der Waals surface area contributed by atoms with E-state index in [1.54, 1.807) is 34.6 Å². The highest BCUT2D eigenvalue weighted by molar-refractivity contribution is 7.86. The van der Waals surface area contributed by atoms with Crippen molar-refractivity contribution in [3.63, 3.8) is 0 Å². The van der Waals surface area contributed by atoms with Gasteiger partial charge in [0.15, 0.2) is 0 Å². The maximum Gasteiger partial charge on any atom is 0.392 e. The zero-order chi connectivity index (χ0) is 13.4. The summed E-state index contributed by atoms with van der Waals surface area (Å²) in [6.45, 7) is 7.12. The number of ether oxygens (including phenoxy) is 1. The highest BCUT2D eigenvalue weighted by Crippen LogP contribution is 2.34. The Labute approximate surface area is 94.7 Å². The van der Waals surface area contributed by atoms with Gasteiger partial charge in [-0.2, -0.15) is 17.2 Å². The summed E-state index contributed by atoms with van der Waals surface area (Å²) in [5.74, 6) is 0.